The summed E-state index contributed by atoms with van der Waals surface area (Å²) in [6, 6.07) is 4.99. The Morgan fingerprint density at radius 3 is 2.73 bits per heavy atom. The van der Waals surface area contributed by atoms with Gasteiger partial charge in [-0.3, -0.25) is 0 Å². The van der Waals surface area contributed by atoms with Crippen LogP contribution in [0.1, 0.15) is 24.3 Å². The fraction of sp³-hybridized carbons (Fsp3) is 0.500. The number of halogens is 1. The van der Waals surface area contributed by atoms with Gasteiger partial charge in [0, 0.05) is 0 Å². The minimum atomic E-state index is -0.109. The number of hydrogen-bond donors (Lipinski definition) is 1. The van der Waals surface area contributed by atoms with Crippen LogP contribution in [0.2, 0.25) is 0 Å². The SMILES string of the molecule is COc1ccc(F)c(C2CCNCC2)c1. The van der Waals surface area contributed by atoms with Crippen molar-refractivity contribution in [3.8, 4) is 5.75 Å². The van der Waals surface area contributed by atoms with E-state index in [2.05, 4.69) is 5.32 Å². The normalized spacial score (nSPS) is 17.7. The van der Waals surface area contributed by atoms with E-state index in [-0.39, 0.29) is 5.82 Å². The molecule has 1 aliphatic heterocycles. The molecule has 0 saturated carbocycles. The number of rotatable bonds is 2. The Morgan fingerprint density at radius 2 is 2.07 bits per heavy atom. The van der Waals surface area contributed by atoms with E-state index in [1.54, 1.807) is 13.2 Å². The minimum absolute atomic E-state index is 0.109. The monoisotopic (exact) mass is 209 g/mol. The molecule has 3 heteroatoms. The molecule has 0 radical (unpaired) electrons. The van der Waals surface area contributed by atoms with E-state index >= 15 is 0 Å². The van der Waals surface area contributed by atoms with Gasteiger partial charge in [0.1, 0.15) is 11.6 Å². The molecular formula is C12H16FNO. The van der Waals surface area contributed by atoms with Crippen LogP contribution in [0.3, 0.4) is 0 Å². The van der Waals surface area contributed by atoms with E-state index in [9.17, 15) is 4.39 Å². The lowest BCUT2D eigenvalue weighted by Gasteiger charge is -2.23. The molecule has 0 spiro atoms. The van der Waals surface area contributed by atoms with Gasteiger partial charge in [-0.1, -0.05) is 0 Å². The van der Waals surface area contributed by atoms with Gasteiger partial charge in [-0.05, 0) is 55.6 Å². The van der Waals surface area contributed by atoms with Crippen LogP contribution in [0.15, 0.2) is 18.2 Å². The second-order valence-electron chi connectivity index (χ2n) is 3.91. The molecular weight excluding hydrogens is 193 g/mol. The summed E-state index contributed by atoms with van der Waals surface area (Å²) in [6.07, 6.45) is 2.01. The van der Waals surface area contributed by atoms with Crippen molar-refractivity contribution in [1.29, 1.82) is 0 Å². The zero-order valence-electron chi connectivity index (χ0n) is 8.92. The first kappa shape index (κ1) is 10.4. The number of methoxy groups -OCH3 is 1. The predicted octanol–water partition coefficient (Wildman–Crippen LogP) is 2.30. The van der Waals surface area contributed by atoms with Crippen molar-refractivity contribution in [2.45, 2.75) is 18.8 Å². The van der Waals surface area contributed by atoms with E-state index in [0.717, 1.165) is 37.2 Å². The summed E-state index contributed by atoms with van der Waals surface area (Å²) in [5.74, 6) is 0.967. The van der Waals surface area contributed by atoms with Crippen molar-refractivity contribution in [3.05, 3.63) is 29.6 Å². The fourth-order valence-corrected chi connectivity index (χ4v) is 2.09. The number of hydrogen-bond acceptors (Lipinski definition) is 2. The highest BCUT2D eigenvalue weighted by molar-refractivity contribution is 5.32. The summed E-state index contributed by atoms with van der Waals surface area (Å²) in [4.78, 5) is 0. The molecule has 82 valence electrons. The van der Waals surface area contributed by atoms with Crippen LogP contribution in [0.5, 0.6) is 5.75 Å². The first-order valence-electron chi connectivity index (χ1n) is 5.35. The van der Waals surface area contributed by atoms with Gasteiger partial charge in [-0.15, -0.1) is 0 Å². The molecule has 0 amide bonds. The maximum Gasteiger partial charge on any atom is 0.126 e. The molecule has 1 fully saturated rings. The van der Waals surface area contributed by atoms with Crippen LogP contribution < -0.4 is 10.1 Å². The van der Waals surface area contributed by atoms with Crippen LogP contribution in [0.4, 0.5) is 4.39 Å². The van der Waals surface area contributed by atoms with Crippen LogP contribution in [-0.4, -0.2) is 20.2 Å². The summed E-state index contributed by atoms with van der Waals surface area (Å²) in [5, 5.41) is 3.28. The number of piperidine rings is 1. The topological polar surface area (TPSA) is 21.3 Å². The molecule has 1 heterocycles. The van der Waals surface area contributed by atoms with E-state index in [1.165, 1.54) is 6.07 Å². The average Bonchev–Trinajstić information content (AvgIpc) is 2.31. The summed E-state index contributed by atoms with van der Waals surface area (Å²) < 4.78 is 18.7. The fourth-order valence-electron chi connectivity index (χ4n) is 2.09. The zero-order chi connectivity index (χ0) is 10.7. The van der Waals surface area contributed by atoms with Crippen molar-refractivity contribution in [3.63, 3.8) is 0 Å². The van der Waals surface area contributed by atoms with E-state index < -0.39 is 0 Å². The maximum absolute atomic E-state index is 13.6. The van der Waals surface area contributed by atoms with Crippen LogP contribution >= 0.6 is 0 Å². The average molecular weight is 209 g/mol. The van der Waals surface area contributed by atoms with Gasteiger partial charge < -0.3 is 10.1 Å². The molecule has 0 aliphatic carbocycles. The quantitative estimate of drug-likeness (QED) is 0.807. The van der Waals surface area contributed by atoms with Crippen LogP contribution in [-0.2, 0) is 0 Å². The third kappa shape index (κ3) is 2.29. The lowest BCUT2D eigenvalue weighted by atomic mass is 9.90. The number of nitrogens with one attached hydrogen (secondary N) is 1. The lowest BCUT2D eigenvalue weighted by Crippen LogP contribution is -2.27. The van der Waals surface area contributed by atoms with Crippen LogP contribution in [0, 0.1) is 5.82 Å². The number of ether oxygens (including phenoxy) is 1. The predicted molar refractivity (Wildman–Crippen MR) is 57.8 cm³/mol. The first-order valence-corrected chi connectivity index (χ1v) is 5.35. The highest BCUT2D eigenvalue weighted by Gasteiger charge is 2.18. The third-order valence-corrected chi connectivity index (χ3v) is 2.98. The van der Waals surface area contributed by atoms with Gasteiger partial charge in [0.15, 0.2) is 0 Å². The molecule has 1 N–H and O–H groups in total. The standard InChI is InChI=1S/C12H16FNO/c1-15-10-2-3-12(13)11(8-10)9-4-6-14-7-5-9/h2-3,8-9,14H,4-7H2,1H3. The van der Waals surface area contributed by atoms with Crippen molar-refractivity contribution in [1.82, 2.24) is 5.32 Å². The lowest BCUT2D eigenvalue weighted by molar-refractivity contribution is 0.407. The molecule has 2 rings (SSSR count). The smallest absolute Gasteiger partial charge is 0.126 e. The van der Waals surface area contributed by atoms with Gasteiger partial charge in [0.25, 0.3) is 0 Å². The molecule has 0 unspecified atom stereocenters. The molecule has 0 aromatic heterocycles. The van der Waals surface area contributed by atoms with Crippen molar-refractivity contribution >= 4 is 0 Å². The molecule has 1 saturated heterocycles. The largest absolute Gasteiger partial charge is 0.497 e. The van der Waals surface area contributed by atoms with Gasteiger partial charge in [0.2, 0.25) is 0 Å². The second kappa shape index (κ2) is 4.62. The Morgan fingerprint density at radius 1 is 1.33 bits per heavy atom. The minimum Gasteiger partial charge on any atom is -0.497 e. The van der Waals surface area contributed by atoms with E-state index in [0.29, 0.717) is 5.92 Å². The van der Waals surface area contributed by atoms with Crippen LogP contribution in [0.25, 0.3) is 0 Å². The van der Waals surface area contributed by atoms with Gasteiger partial charge >= 0.3 is 0 Å². The summed E-state index contributed by atoms with van der Waals surface area (Å²) in [5.41, 5.74) is 0.802. The van der Waals surface area contributed by atoms with Gasteiger partial charge in [0.05, 0.1) is 7.11 Å². The molecule has 0 bridgehead atoms. The second-order valence-corrected chi connectivity index (χ2v) is 3.91. The Hall–Kier alpha value is -1.09. The third-order valence-electron chi connectivity index (χ3n) is 2.98. The van der Waals surface area contributed by atoms with E-state index in [4.69, 9.17) is 4.74 Å². The van der Waals surface area contributed by atoms with Crippen molar-refractivity contribution < 1.29 is 9.13 Å². The summed E-state index contributed by atoms with van der Waals surface area (Å²) in [7, 11) is 1.61. The Bertz CT molecular complexity index is 334. The zero-order valence-corrected chi connectivity index (χ0v) is 8.92. The number of benzene rings is 1. The Kier molecular flexibility index (Phi) is 3.21. The molecule has 2 nitrogen and oxygen atoms in total. The van der Waals surface area contributed by atoms with Gasteiger partial charge in [-0.25, -0.2) is 4.39 Å². The van der Waals surface area contributed by atoms with Gasteiger partial charge in [-0.2, -0.15) is 0 Å². The molecule has 15 heavy (non-hydrogen) atoms. The Labute approximate surface area is 89.4 Å². The van der Waals surface area contributed by atoms with Crippen molar-refractivity contribution in [2.75, 3.05) is 20.2 Å². The van der Waals surface area contributed by atoms with E-state index in [1.807, 2.05) is 6.07 Å². The molecule has 1 aromatic rings. The highest BCUT2D eigenvalue weighted by atomic mass is 19.1. The molecule has 0 atom stereocenters. The first-order chi connectivity index (χ1) is 7.31. The molecule has 1 aliphatic rings. The summed E-state index contributed by atoms with van der Waals surface area (Å²) >= 11 is 0. The molecule has 1 aromatic carbocycles. The van der Waals surface area contributed by atoms with Crippen molar-refractivity contribution in [2.24, 2.45) is 0 Å². The Balaban J connectivity index is 2.24. The highest BCUT2D eigenvalue weighted by Crippen LogP contribution is 2.29. The summed E-state index contributed by atoms with van der Waals surface area (Å²) in [6.45, 7) is 1.95. The maximum atomic E-state index is 13.6.